The van der Waals surface area contributed by atoms with Crippen LogP contribution in [0.1, 0.15) is 22.5 Å². The van der Waals surface area contributed by atoms with Gasteiger partial charge in [-0.1, -0.05) is 35.9 Å². The van der Waals surface area contributed by atoms with Crippen LogP contribution in [0.3, 0.4) is 0 Å². The van der Waals surface area contributed by atoms with Crippen molar-refractivity contribution in [2.45, 2.75) is 31.4 Å². The minimum absolute atomic E-state index is 0.743. The van der Waals surface area contributed by atoms with Gasteiger partial charge in [0.05, 0.1) is 11.4 Å². The molecular formula is C17H18N4S. The van der Waals surface area contributed by atoms with Crippen LogP contribution in [-0.4, -0.2) is 20.2 Å². The summed E-state index contributed by atoms with van der Waals surface area (Å²) in [5.41, 5.74) is 4.90. The van der Waals surface area contributed by atoms with E-state index in [1.165, 1.54) is 21.6 Å². The number of para-hydroxylation sites is 1. The third kappa shape index (κ3) is 3.04. The van der Waals surface area contributed by atoms with E-state index >= 15 is 0 Å². The summed E-state index contributed by atoms with van der Waals surface area (Å²) in [6.45, 7) is 6.44. The molecule has 22 heavy (non-hydrogen) atoms. The highest BCUT2D eigenvalue weighted by atomic mass is 32.2. The molecular weight excluding hydrogens is 292 g/mol. The Labute approximate surface area is 134 Å². The molecule has 0 amide bonds. The molecule has 2 aromatic carbocycles. The van der Waals surface area contributed by atoms with E-state index in [1.54, 1.807) is 16.4 Å². The Morgan fingerprint density at radius 1 is 1.00 bits per heavy atom. The van der Waals surface area contributed by atoms with Crippen molar-refractivity contribution in [3.63, 3.8) is 0 Å². The monoisotopic (exact) mass is 310 g/mol. The summed E-state index contributed by atoms with van der Waals surface area (Å²) in [5, 5.41) is 12.1. The molecule has 0 aliphatic carbocycles. The standard InChI is InChI=1S/C17H18N4S/c1-12-9-13(2)17(14(3)10-12)22-11-16-18-19-20-21(16)15-7-5-4-6-8-15/h4-10H,11H2,1-3H3. The second-order valence-corrected chi connectivity index (χ2v) is 6.34. The number of rotatable bonds is 4. The lowest BCUT2D eigenvalue weighted by Gasteiger charge is -2.10. The van der Waals surface area contributed by atoms with Crippen LogP contribution >= 0.6 is 11.8 Å². The maximum atomic E-state index is 4.17. The fourth-order valence-electron chi connectivity index (χ4n) is 2.60. The van der Waals surface area contributed by atoms with Crippen LogP contribution in [-0.2, 0) is 5.75 Å². The van der Waals surface area contributed by atoms with Crippen molar-refractivity contribution in [3.8, 4) is 5.69 Å². The first kappa shape index (κ1) is 14.8. The zero-order valence-corrected chi connectivity index (χ0v) is 13.8. The maximum absolute atomic E-state index is 4.17. The first-order valence-electron chi connectivity index (χ1n) is 7.18. The van der Waals surface area contributed by atoms with E-state index in [-0.39, 0.29) is 0 Å². The molecule has 3 aromatic rings. The SMILES string of the molecule is Cc1cc(C)c(SCc2nnnn2-c2ccccc2)c(C)c1. The van der Waals surface area contributed by atoms with E-state index in [0.717, 1.165) is 17.3 Å². The molecule has 0 aliphatic rings. The third-order valence-electron chi connectivity index (χ3n) is 3.49. The molecule has 0 unspecified atom stereocenters. The predicted octanol–water partition coefficient (Wildman–Crippen LogP) is 3.88. The van der Waals surface area contributed by atoms with Gasteiger partial charge in [0.25, 0.3) is 0 Å². The number of hydrogen-bond acceptors (Lipinski definition) is 4. The van der Waals surface area contributed by atoms with Gasteiger partial charge in [0.15, 0.2) is 5.82 Å². The number of aromatic nitrogens is 4. The Balaban J connectivity index is 1.83. The van der Waals surface area contributed by atoms with Crippen LogP contribution in [0.4, 0.5) is 0 Å². The third-order valence-corrected chi connectivity index (χ3v) is 4.82. The Hall–Kier alpha value is -2.14. The van der Waals surface area contributed by atoms with Crippen LogP contribution in [0.2, 0.25) is 0 Å². The second kappa shape index (κ2) is 6.32. The van der Waals surface area contributed by atoms with Crippen LogP contribution in [0.5, 0.6) is 0 Å². The average molecular weight is 310 g/mol. The molecule has 0 radical (unpaired) electrons. The van der Waals surface area contributed by atoms with E-state index in [4.69, 9.17) is 0 Å². The van der Waals surface area contributed by atoms with Gasteiger partial charge >= 0.3 is 0 Å². The minimum atomic E-state index is 0.743. The van der Waals surface area contributed by atoms with Crippen molar-refractivity contribution < 1.29 is 0 Å². The molecule has 3 rings (SSSR count). The summed E-state index contributed by atoms with van der Waals surface area (Å²) >= 11 is 1.79. The van der Waals surface area contributed by atoms with Crippen molar-refractivity contribution in [2.75, 3.05) is 0 Å². The Morgan fingerprint density at radius 2 is 1.68 bits per heavy atom. The molecule has 1 heterocycles. The summed E-state index contributed by atoms with van der Waals surface area (Å²) in [6, 6.07) is 14.4. The minimum Gasteiger partial charge on any atom is -0.196 e. The number of benzene rings is 2. The molecule has 0 spiro atoms. The van der Waals surface area contributed by atoms with Crippen molar-refractivity contribution in [3.05, 3.63) is 65.0 Å². The largest absolute Gasteiger partial charge is 0.196 e. The van der Waals surface area contributed by atoms with Gasteiger partial charge in [-0.15, -0.1) is 16.9 Å². The highest BCUT2D eigenvalue weighted by Gasteiger charge is 2.11. The fourth-order valence-corrected chi connectivity index (χ4v) is 3.62. The molecule has 1 aromatic heterocycles. The molecule has 0 saturated heterocycles. The van der Waals surface area contributed by atoms with E-state index in [0.29, 0.717) is 0 Å². The topological polar surface area (TPSA) is 43.6 Å². The van der Waals surface area contributed by atoms with E-state index in [1.807, 2.05) is 30.3 Å². The summed E-state index contributed by atoms with van der Waals surface area (Å²) < 4.78 is 1.80. The van der Waals surface area contributed by atoms with Crippen LogP contribution in [0, 0.1) is 20.8 Å². The number of aryl methyl sites for hydroxylation is 3. The van der Waals surface area contributed by atoms with E-state index in [2.05, 4.69) is 48.4 Å². The highest BCUT2D eigenvalue weighted by Crippen LogP contribution is 2.30. The van der Waals surface area contributed by atoms with Gasteiger partial charge in [-0.2, -0.15) is 4.68 Å². The van der Waals surface area contributed by atoms with Gasteiger partial charge in [-0.3, -0.25) is 0 Å². The second-order valence-electron chi connectivity index (χ2n) is 5.36. The first-order valence-corrected chi connectivity index (χ1v) is 8.17. The lowest BCUT2D eigenvalue weighted by atomic mass is 10.1. The summed E-state index contributed by atoms with van der Waals surface area (Å²) in [7, 11) is 0. The molecule has 0 bridgehead atoms. The van der Waals surface area contributed by atoms with E-state index in [9.17, 15) is 0 Å². The quantitative estimate of drug-likeness (QED) is 0.686. The van der Waals surface area contributed by atoms with Crippen molar-refractivity contribution in [1.82, 2.24) is 20.2 Å². The Bertz CT molecular complexity index is 757. The van der Waals surface area contributed by atoms with Gasteiger partial charge in [0.1, 0.15) is 0 Å². The summed E-state index contributed by atoms with van der Waals surface area (Å²) in [4.78, 5) is 1.31. The van der Waals surface area contributed by atoms with Gasteiger partial charge < -0.3 is 0 Å². The van der Waals surface area contributed by atoms with Gasteiger partial charge in [-0.25, -0.2) is 0 Å². The summed E-state index contributed by atoms with van der Waals surface area (Å²) in [5.74, 6) is 1.60. The molecule has 0 saturated carbocycles. The van der Waals surface area contributed by atoms with Crippen molar-refractivity contribution >= 4 is 11.8 Å². The first-order chi connectivity index (χ1) is 10.6. The van der Waals surface area contributed by atoms with Crippen LogP contribution < -0.4 is 0 Å². The molecule has 4 nitrogen and oxygen atoms in total. The molecule has 5 heteroatoms. The summed E-state index contributed by atoms with van der Waals surface area (Å²) in [6.07, 6.45) is 0. The highest BCUT2D eigenvalue weighted by molar-refractivity contribution is 7.98. The molecule has 0 aliphatic heterocycles. The normalized spacial score (nSPS) is 10.9. The molecule has 112 valence electrons. The van der Waals surface area contributed by atoms with Crippen LogP contribution in [0.15, 0.2) is 47.4 Å². The predicted molar refractivity (Wildman–Crippen MR) is 89.4 cm³/mol. The van der Waals surface area contributed by atoms with Crippen molar-refractivity contribution in [2.24, 2.45) is 0 Å². The Kier molecular flexibility index (Phi) is 4.24. The molecule has 0 atom stereocenters. The van der Waals surface area contributed by atoms with Gasteiger partial charge in [0, 0.05) is 4.90 Å². The molecule has 0 N–H and O–H groups in total. The Morgan fingerprint density at radius 3 is 2.36 bits per heavy atom. The zero-order chi connectivity index (χ0) is 15.5. The van der Waals surface area contributed by atoms with Gasteiger partial charge in [-0.05, 0) is 54.5 Å². The molecule has 0 fully saturated rings. The van der Waals surface area contributed by atoms with E-state index < -0.39 is 0 Å². The number of nitrogens with zero attached hydrogens (tertiary/aromatic N) is 4. The average Bonchev–Trinajstić information content (AvgIpc) is 2.95. The number of hydrogen-bond donors (Lipinski definition) is 0. The maximum Gasteiger partial charge on any atom is 0.166 e. The lowest BCUT2D eigenvalue weighted by Crippen LogP contribution is -2.02. The lowest BCUT2D eigenvalue weighted by molar-refractivity contribution is 0.777. The number of thioether (sulfide) groups is 1. The van der Waals surface area contributed by atoms with Crippen molar-refractivity contribution in [1.29, 1.82) is 0 Å². The smallest absolute Gasteiger partial charge is 0.166 e. The zero-order valence-electron chi connectivity index (χ0n) is 12.9. The fraction of sp³-hybridized carbons (Fsp3) is 0.235. The number of tetrazole rings is 1. The van der Waals surface area contributed by atoms with Gasteiger partial charge in [0.2, 0.25) is 0 Å². The van der Waals surface area contributed by atoms with Crippen LogP contribution in [0.25, 0.3) is 5.69 Å².